The van der Waals surface area contributed by atoms with Crippen molar-refractivity contribution < 1.29 is 9.63 Å². The first kappa shape index (κ1) is 22.4. The number of hydrogen-bond acceptors (Lipinski definition) is 4. The van der Waals surface area contributed by atoms with Crippen molar-refractivity contribution in [2.75, 3.05) is 19.6 Å². The van der Waals surface area contributed by atoms with E-state index in [1.807, 2.05) is 51.1 Å². The van der Waals surface area contributed by atoms with E-state index in [-0.39, 0.29) is 30.5 Å². The zero-order chi connectivity index (χ0) is 18.3. The monoisotopic (exact) mass is 472 g/mol. The molecule has 1 aromatic heterocycles. The molecule has 144 valence electrons. The van der Waals surface area contributed by atoms with Crippen LogP contribution in [0.3, 0.4) is 0 Å². The molecule has 2 aromatic rings. The molecule has 0 amide bonds. The highest BCUT2D eigenvalue weighted by Crippen LogP contribution is 2.20. The Bertz CT molecular complexity index is 679. The van der Waals surface area contributed by atoms with Crippen LogP contribution >= 0.6 is 24.0 Å². The van der Waals surface area contributed by atoms with Gasteiger partial charge in [-0.05, 0) is 39.7 Å². The van der Waals surface area contributed by atoms with Crippen molar-refractivity contribution in [1.29, 1.82) is 0 Å². The van der Waals surface area contributed by atoms with Crippen molar-refractivity contribution in [2.24, 2.45) is 4.99 Å². The summed E-state index contributed by atoms with van der Waals surface area (Å²) in [4.78, 5) is 4.53. The van der Waals surface area contributed by atoms with E-state index in [0.29, 0.717) is 12.5 Å². The summed E-state index contributed by atoms with van der Waals surface area (Å²) in [7, 11) is 0. The third kappa shape index (κ3) is 6.28. The Morgan fingerprint density at radius 2 is 1.92 bits per heavy atom. The number of halogens is 1. The lowest BCUT2D eigenvalue weighted by Crippen LogP contribution is -2.39. The van der Waals surface area contributed by atoms with E-state index in [2.05, 4.69) is 20.8 Å². The molecular weight excluding hydrogens is 443 g/mol. The van der Waals surface area contributed by atoms with Gasteiger partial charge >= 0.3 is 0 Å². The largest absolute Gasteiger partial charge is 0.384 e. The molecule has 1 aromatic carbocycles. The maximum atomic E-state index is 10.7. The van der Waals surface area contributed by atoms with Gasteiger partial charge in [0, 0.05) is 18.7 Å². The van der Waals surface area contributed by atoms with E-state index in [9.17, 15) is 5.11 Å². The smallest absolute Gasteiger partial charge is 0.191 e. The van der Waals surface area contributed by atoms with Crippen LogP contribution in [-0.4, -0.2) is 35.9 Å². The molecule has 0 aliphatic heterocycles. The fraction of sp³-hybridized carbons (Fsp3) is 0.474. The molecular formula is C19H29IN4O2. The molecule has 0 fully saturated rings. The molecule has 0 saturated heterocycles. The molecule has 0 saturated carbocycles. The molecule has 1 atom stereocenters. The summed E-state index contributed by atoms with van der Waals surface area (Å²) < 4.78 is 5.18. The van der Waals surface area contributed by atoms with Gasteiger partial charge in [-0.1, -0.05) is 35.5 Å². The number of aliphatic hydroxyl groups is 1. The van der Waals surface area contributed by atoms with Gasteiger partial charge in [-0.25, -0.2) is 4.99 Å². The highest BCUT2D eigenvalue weighted by atomic mass is 127. The SMILES string of the molecule is CCNC(=NCC(C)(O)c1ccccc1)NCCc1c(C)noc1C.I. The second-order valence-corrected chi connectivity index (χ2v) is 6.31. The molecule has 0 aliphatic rings. The second kappa shape index (κ2) is 10.5. The summed E-state index contributed by atoms with van der Waals surface area (Å²) in [5.41, 5.74) is 1.89. The minimum Gasteiger partial charge on any atom is -0.384 e. The number of hydrogen-bond donors (Lipinski definition) is 3. The molecule has 0 spiro atoms. The highest BCUT2D eigenvalue weighted by Gasteiger charge is 2.22. The first-order valence-corrected chi connectivity index (χ1v) is 8.66. The highest BCUT2D eigenvalue weighted by molar-refractivity contribution is 14.0. The lowest BCUT2D eigenvalue weighted by atomic mass is 9.96. The van der Waals surface area contributed by atoms with E-state index in [1.54, 1.807) is 6.92 Å². The first-order valence-electron chi connectivity index (χ1n) is 8.66. The van der Waals surface area contributed by atoms with Crippen LogP contribution in [0, 0.1) is 13.8 Å². The van der Waals surface area contributed by atoms with E-state index < -0.39 is 5.60 Å². The van der Waals surface area contributed by atoms with Crippen LogP contribution in [-0.2, 0) is 12.0 Å². The minimum atomic E-state index is -1.01. The van der Waals surface area contributed by atoms with Crippen LogP contribution in [0.15, 0.2) is 39.8 Å². The molecule has 26 heavy (non-hydrogen) atoms. The summed E-state index contributed by atoms with van der Waals surface area (Å²) >= 11 is 0. The topological polar surface area (TPSA) is 82.7 Å². The van der Waals surface area contributed by atoms with Gasteiger partial charge < -0.3 is 20.3 Å². The third-order valence-electron chi connectivity index (χ3n) is 4.13. The Labute approximate surface area is 172 Å². The Morgan fingerprint density at radius 1 is 1.23 bits per heavy atom. The Hall–Kier alpha value is -1.61. The standard InChI is InChI=1S/C19H28N4O2.HI/c1-5-20-18(21-12-11-17-14(2)23-25-15(17)3)22-13-19(4,24)16-9-7-6-8-10-16;/h6-10,24H,5,11-13H2,1-4H3,(H2,20,21,22);1H. The van der Waals surface area contributed by atoms with Crippen molar-refractivity contribution in [2.45, 2.75) is 39.7 Å². The van der Waals surface area contributed by atoms with Crippen LogP contribution in [0.1, 0.15) is 36.4 Å². The van der Waals surface area contributed by atoms with Crippen molar-refractivity contribution in [3.05, 3.63) is 52.9 Å². The maximum absolute atomic E-state index is 10.7. The van der Waals surface area contributed by atoms with E-state index in [4.69, 9.17) is 4.52 Å². The van der Waals surface area contributed by atoms with Crippen LogP contribution in [0.4, 0.5) is 0 Å². The van der Waals surface area contributed by atoms with E-state index in [0.717, 1.165) is 35.5 Å². The Morgan fingerprint density at radius 3 is 2.50 bits per heavy atom. The van der Waals surface area contributed by atoms with Crippen LogP contribution < -0.4 is 10.6 Å². The molecule has 0 bridgehead atoms. The van der Waals surface area contributed by atoms with Crippen LogP contribution in [0.25, 0.3) is 0 Å². The number of aromatic nitrogens is 1. The summed E-state index contributed by atoms with van der Waals surface area (Å²) in [5, 5.41) is 21.1. The van der Waals surface area contributed by atoms with Gasteiger partial charge in [0.15, 0.2) is 5.96 Å². The quantitative estimate of drug-likeness (QED) is 0.328. The van der Waals surface area contributed by atoms with Crippen molar-refractivity contribution in [3.63, 3.8) is 0 Å². The lowest BCUT2D eigenvalue weighted by Gasteiger charge is -2.22. The summed E-state index contributed by atoms with van der Waals surface area (Å²) in [5.74, 6) is 1.54. The van der Waals surface area contributed by atoms with Gasteiger partial charge in [0.1, 0.15) is 11.4 Å². The molecule has 0 aliphatic carbocycles. The van der Waals surface area contributed by atoms with Crippen LogP contribution in [0.5, 0.6) is 0 Å². The fourth-order valence-electron chi connectivity index (χ4n) is 2.63. The average Bonchev–Trinajstić information content (AvgIpc) is 2.92. The predicted molar refractivity (Wildman–Crippen MR) is 115 cm³/mol. The lowest BCUT2D eigenvalue weighted by molar-refractivity contribution is 0.0672. The number of rotatable bonds is 7. The number of aliphatic imine (C=N–C) groups is 1. The average molecular weight is 472 g/mol. The molecule has 7 heteroatoms. The van der Waals surface area contributed by atoms with Gasteiger partial charge in [0.25, 0.3) is 0 Å². The molecule has 3 N–H and O–H groups in total. The zero-order valence-corrected chi connectivity index (χ0v) is 18.2. The van der Waals surface area contributed by atoms with Gasteiger partial charge in [0.05, 0.1) is 12.2 Å². The summed E-state index contributed by atoms with van der Waals surface area (Å²) in [6, 6.07) is 9.59. The molecule has 0 radical (unpaired) electrons. The normalized spacial score (nSPS) is 13.7. The third-order valence-corrected chi connectivity index (χ3v) is 4.13. The van der Waals surface area contributed by atoms with Gasteiger partial charge in [-0.15, -0.1) is 24.0 Å². The number of guanidine groups is 1. The number of benzene rings is 1. The van der Waals surface area contributed by atoms with Gasteiger partial charge in [-0.2, -0.15) is 0 Å². The van der Waals surface area contributed by atoms with E-state index in [1.165, 1.54) is 0 Å². The second-order valence-electron chi connectivity index (χ2n) is 6.31. The summed E-state index contributed by atoms with van der Waals surface area (Å²) in [6.45, 7) is 9.40. The van der Waals surface area contributed by atoms with Crippen LogP contribution in [0.2, 0.25) is 0 Å². The maximum Gasteiger partial charge on any atom is 0.191 e. The molecule has 2 rings (SSSR count). The van der Waals surface area contributed by atoms with Crippen molar-refractivity contribution >= 4 is 29.9 Å². The Balaban J connectivity index is 0.00000338. The van der Waals surface area contributed by atoms with Crippen molar-refractivity contribution in [1.82, 2.24) is 15.8 Å². The van der Waals surface area contributed by atoms with E-state index >= 15 is 0 Å². The first-order chi connectivity index (χ1) is 11.9. The number of aryl methyl sites for hydroxylation is 2. The summed E-state index contributed by atoms with van der Waals surface area (Å²) in [6.07, 6.45) is 0.806. The molecule has 1 heterocycles. The Kier molecular flexibility index (Phi) is 9.07. The number of nitrogens with zero attached hydrogens (tertiary/aromatic N) is 2. The molecule has 1 unspecified atom stereocenters. The minimum absolute atomic E-state index is 0. The molecule has 6 nitrogen and oxygen atoms in total. The van der Waals surface area contributed by atoms with Crippen molar-refractivity contribution in [3.8, 4) is 0 Å². The van der Waals surface area contributed by atoms with Gasteiger partial charge in [-0.3, -0.25) is 0 Å². The predicted octanol–water partition coefficient (Wildman–Crippen LogP) is 2.91. The fourth-order valence-corrected chi connectivity index (χ4v) is 2.63. The zero-order valence-electron chi connectivity index (χ0n) is 15.9. The number of nitrogens with one attached hydrogen (secondary N) is 2. The van der Waals surface area contributed by atoms with Gasteiger partial charge in [0.2, 0.25) is 0 Å².